The molecule has 0 aliphatic rings. The Kier molecular flexibility index (Phi) is 6.37. The van der Waals surface area contributed by atoms with Gasteiger partial charge in [0.1, 0.15) is 22.3 Å². The van der Waals surface area contributed by atoms with Gasteiger partial charge in [-0.25, -0.2) is 27.2 Å². The molecule has 3 aromatic heterocycles. The third-order valence-electron chi connectivity index (χ3n) is 5.24. The van der Waals surface area contributed by atoms with Gasteiger partial charge < -0.3 is 4.98 Å². The first-order valence-electron chi connectivity index (χ1n) is 10.2. The number of hydrogen-bond donors (Lipinski definition) is 2. The van der Waals surface area contributed by atoms with E-state index < -0.39 is 38.7 Å². The molecule has 176 valence electrons. The van der Waals surface area contributed by atoms with Gasteiger partial charge in [-0.1, -0.05) is 18.5 Å². The van der Waals surface area contributed by atoms with Gasteiger partial charge in [-0.15, -0.1) is 0 Å². The second-order valence-corrected chi connectivity index (χ2v) is 9.85. The summed E-state index contributed by atoms with van der Waals surface area (Å²) in [6.45, 7) is 3.47. The number of H-pyrrole nitrogens is 1. The lowest BCUT2D eigenvalue weighted by Gasteiger charge is -2.12. The smallest absolute Gasteiger partial charge is 0.232 e. The van der Waals surface area contributed by atoms with Crippen LogP contribution in [0, 0.1) is 18.6 Å². The van der Waals surface area contributed by atoms with Gasteiger partial charge in [-0.05, 0) is 43.2 Å². The number of fused-ring (bicyclic) bond motifs is 1. The third-order valence-corrected chi connectivity index (χ3v) is 6.99. The van der Waals surface area contributed by atoms with Crippen molar-refractivity contribution in [3.8, 4) is 11.1 Å². The maximum absolute atomic E-state index is 15.2. The maximum atomic E-state index is 15.2. The molecule has 34 heavy (non-hydrogen) atoms. The highest BCUT2D eigenvalue weighted by molar-refractivity contribution is 7.92. The summed E-state index contributed by atoms with van der Waals surface area (Å²) in [5.41, 5.74) is 1.15. The maximum Gasteiger partial charge on any atom is 0.232 e. The first kappa shape index (κ1) is 23.8. The number of hydrogen-bond acceptors (Lipinski definition) is 5. The summed E-state index contributed by atoms with van der Waals surface area (Å²) in [6, 6.07) is 5.28. The number of nitrogens with one attached hydrogen (secondary N) is 2. The summed E-state index contributed by atoms with van der Waals surface area (Å²) >= 11 is 6.26. The predicted molar refractivity (Wildman–Crippen MR) is 127 cm³/mol. The Labute approximate surface area is 199 Å². The summed E-state index contributed by atoms with van der Waals surface area (Å²) < 4.78 is 55.4. The Hall–Kier alpha value is -3.37. The van der Waals surface area contributed by atoms with E-state index in [9.17, 15) is 17.6 Å². The minimum Gasteiger partial charge on any atom is -0.345 e. The molecule has 11 heteroatoms. The fraction of sp³-hybridized carbons (Fsp3) is 0.174. The Bertz CT molecular complexity index is 1520. The molecule has 0 saturated carbocycles. The Balaban J connectivity index is 1.80. The molecule has 0 amide bonds. The molecule has 2 N–H and O–H groups in total. The van der Waals surface area contributed by atoms with Gasteiger partial charge in [-0.2, -0.15) is 0 Å². The number of halogens is 3. The van der Waals surface area contributed by atoms with E-state index in [4.69, 9.17) is 11.6 Å². The van der Waals surface area contributed by atoms with Crippen LogP contribution in [0.5, 0.6) is 0 Å². The van der Waals surface area contributed by atoms with Crippen molar-refractivity contribution in [2.45, 2.75) is 20.3 Å². The molecule has 0 fully saturated rings. The van der Waals surface area contributed by atoms with E-state index >= 15 is 4.39 Å². The molecule has 7 nitrogen and oxygen atoms in total. The molecule has 0 saturated heterocycles. The van der Waals surface area contributed by atoms with Gasteiger partial charge >= 0.3 is 0 Å². The molecule has 0 radical (unpaired) electrons. The first-order valence-corrected chi connectivity index (χ1v) is 12.3. The summed E-state index contributed by atoms with van der Waals surface area (Å²) in [6.07, 6.45) is 4.76. The number of pyridine rings is 2. The Morgan fingerprint density at radius 1 is 1.18 bits per heavy atom. The van der Waals surface area contributed by atoms with Crippen molar-refractivity contribution in [2.75, 3.05) is 10.5 Å². The van der Waals surface area contributed by atoms with Gasteiger partial charge in [0.15, 0.2) is 11.6 Å². The number of carbonyl (C=O) groups is 1. The fourth-order valence-corrected chi connectivity index (χ4v) is 5.09. The summed E-state index contributed by atoms with van der Waals surface area (Å²) in [7, 11) is -3.98. The molecule has 3 heterocycles. The van der Waals surface area contributed by atoms with Crippen LogP contribution in [0.1, 0.15) is 34.8 Å². The van der Waals surface area contributed by atoms with Crippen molar-refractivity contribution in [2.24, 2.45) is 0 Å². The number of carbonyl (C=O) groups excluding carboxylic acids is 1. The van der Waals surface area contributed by atoms with Gasteiger partial charge in [-0.3, -0.25) is 9.52 Å². The van der Waals surface area contributed by atoms with E-state index in [1.165, 1.54) is 6.20 Å². The Morgan fingerprint density at radius 3 is 2.65 bits per heavy atom. The number of aromatic amines is 1. The van der Waals surface area contributed by atoms with Crippen LogP contribution in [-0.4, -0.2) is 34.9 Å². The van der Waals surface area contributed by atoms with E-state index in [-0.39, 0.29) is 22.9 Å². The monoisotopic (exact) mass is 504 g/mol. The second kappa shape index (κ2) is 9.11. The number of aromatic nitrogens is 3. The molecule has 4 rings (SSSR count). The van der Waals surface area contributed by atoms with Gasteiger partial charge in [0.05, 0.1) is 11.3 Å². The van der Waals surface area contributed by atoms with E-state index in [0.717, 1.165) is 17.7 Å². The average molecular weight is 505 g/mol. The molecule has 0 spiro atoms. The average Bonchev–Trinajstić information content (AvgIpc) is 3.19. The highest BCUT2D eigenvalue weighted by Crippen LogP contribution is 2.33. The highest BCUT2D eigenvalue weighted by Gasteiger charge is 2.25. The van der Waals surface area contributed by atoms with Crippen LogP contribution in [0.2, 0.25) is 5.15 Å². The Morgan fingerprint density at radius 2 is 1.94 bits per heavy atom. The van der Waals surface area contributed by atoms with Crippen LogP contribution in [0.25, 0.3) is 22.2 Å². The normalized spacial score (nSPS) is 11.7. The minimum absolute atomic E-state index is 0.0786. The molecule has 4 aromatic rings. The van der Waals surface area contributed by atoms with Crippen molar-refractivity contribution in [1.82, 2.24) is 15.0 Å². The number of rotatable bonds is 7. The molecule has 0 unspecified atom stereocenters. The highest BCUT2D eigenvalue weighted by atomic mass is 35.5. The van der Waals surface area contributed by atoms with Gasteiger partial charge in [0.2, 0.25) is 10.0 Å². The van der Waals surface area contributed by atoms with Crippen LogP contribution in [0.3, 0.4) is 0 Å². The molecule has 0 atom stereocenters. The summed E-state index contributed by atoms with van der Waals surface area (Å²) in [5.74, 6) is -3.52. The predicted octanol–water partition coefficient (Wildman–Crippen LogP) is 5.25. The van der Waals surface area contributed by atoms with Gasteiger partial charge in [0, 0.05) is 40.7 Å². The number of anilines is 1. The van der Waals surface area contributed by atoms with Crippen LogP contribution >= 0.6 is 11.6 Å². The number of nitrogens with zero attached hydrogens (tertiary/aromatic N) is 2. The van der Waals surface area contributed by atoms with E-state index in [1.54, 1.807) is 31.5 Å². The van der Waals surface area contributed by atoms with Crippen molar-refractivity contribution < 1.29 is 22.0 Å². The van der Waals surface area contributed by atoms with E-state index in [2.05, 4.69) is 15.0 Å². The SMILES string of the molecule is CCCS(=O)(=O)Nc1c(F)ccc(C(=O)c2c[nH]c3ncc(-c4c(C)ccnc4Cl)cc23)c1F. The number of benzene rings is 1. The van der Waals surface area contributed by atoms with Crippen molar-refractivity contribution in [3.05, 3.63) is 76.3 Å². The zero-order chi connectivity index (χ0) is 24.6. The fourth-order valence-electron chi connectivity index (χ4n) is 3.64. The molecular weight excluding hydrogens is 486 g/mol. The molecule has 0 aliphatic carbocycles. The number of aryl methyl sites for hydroxylation is 1. The lowest BCUT2D eigenvalue weighted by molar-refractivity contribution is 0.103. The lowest BCUT2D eigenvalue weighted by Crippen LogP contribution is -2.19. The van der Waals surface area contributed by atoms with Crippen LogP contribution in [0.15, 0.2) is 42.9 Å². The number of ketones is 1. The quantitative estimate of drug-likeness (QED) is 0.264. The zero-order valence-corrected chi connectivity index (χ0v) is 19.7. The van der Waals surface area contributed by atoms with Crippen molar-refractivity contribution in [1.29, 1.82) is 0 Å². The van der Waals surface area contributed by atoms with Crippen LogP contribution < -0.4 is 4.72 Å². The van der Waals surface area contributed by atoms with Crippen LogP contribution in [0.4, 0.5) is 14.5 Å². The summed E-state index contributed by atoms with van der Waals surface area (Å²) in [5, 5.41) is 0.650. The molecule has 1 aromatic carbocycles. The topological polar surface area (TPSA) is 105 Å². The first-order chi connectivity index (χ1) is 16.1. The van der Waals surface area contributed by atoms with E-state index in [0.29, 0.717) is 22.2 Å². The van der Waals surface area contributed by atoms with Crippen molar-refractivity contribution in [3.63, 3.8) is 0 Å². The minimum atomic E-state index is -3.98. The van der Waals surface area contributed by atoms with Gasteiger partial charge in [0.25, 0.3) is 0 Å². The second-order valence-electron chi connectivity index (χ2n) is 7.65. The van der Waals surface area contributed by atoms with Crippen molar-refractivity contribution >= 4 is 44.1 Å². The summed E-state index contributed by atoms with van der Waals surface area (Å²) in [4.78, 5) is 24.5. The third kappa shape index (κ3) is 4.38. The molecular formula is C23H19ClF2N4O3S. The zero-order valence-electron chi connectivity index (χ0n) is 18.1. The number of sulfonamides is 1. The standard InChI is InChI=1S/C23H19ClF2N4O3S/c1-3-8-34(32,33)30-20-17(25)5-4-14(19(20)26)21(31)16-11-29-23-15(16)9-13(10-28-23)18-12(2)6-7-27-22(18)24/h4-7,9-11,30H,3,8H2,1-2H3,(H,28,29). The molecule has 0 bridgehead atoms. The van der Waals surface area contributed by atoms with E-state index in [1.807, 2.05) is 11.6 Å². The lowest BCUT2D eigenvalue weighted by atomic mass is 9.99. The molecule has 0 aliphatic heterocycles. The van der Waals surface area contributed by atoms with Crippen LogP contribution in [-0.2, 0) is 10.0 Å². The largest absolute Gasteiger partial charge is 0.345 e.